The Labute approximate surface area is 109 Å². The Bertz CT molecular complexity index is 797. The number of esters is 1. The minimum absolute atomic E-state index is 0.380. The molecule has 0 aliphatic rings. The maximum Gasteiger partial charge on any atom is 0.337 e. The lowest BCUT2D eigenvalue weighted by Gasteiger charge is -2.07. The van der Waals surface area contributed by atoms with Crippen molar-refractivity contribution >= 4 is 33.5 Å². The fourth-order valence-electron chi connectivity index (χ4n) is 2.17. The summed E-state index contributed by atoms with van der Waals surface area (Å²) in [5.41, 5.74) is 8.89. The molecule has 0 amide bonds. The number of fused-ring (bicyclic) bond motifs is 2. The van der Waals surface area contributed by atoms with E-state index < -0.39 is 0 Å². The van der Waals surface area contributed by atoms with Gasteiger partial charge >= 0.3 is 5.97 Å². The van der Waals surface area contributed by atoms with Crippen molar-refractivity contribution in [1.29, 1.82) is 0 Å². The van der Waals surface area contributed by atoms with Gasteiger partial charge in [-0.05, 0) is 24.3 Å². The largest absolute Gasteiger partial charge is 0.465 e. The van der Waals surface area contributed by atoms with Gasteiger partial charge in [0.1, 0.15) is 0 Å². The zero-order valence-corrected chi connectivity index (χ0v) is 10.4. The highest BCUT2D eigenvalue weighted by Gasteiger charge is 2.10. The number of nitrogen functional groups attached to an aromatic ring is 1. The van der Waals surface area contributed by atoms with E-state index in [-0.39, 0.29) is 5.97 Å². The SMILES string of the molecule is COC(=O)c1ccc2nc3ccccc3c(N)c2c1. The standard InChI is InChI=1S/C15H12N2O2/c1-19-15(18)9-6-7-13-11(8-9)14(16)10-4-2-3-5-12(10)17-13/h2-8H,1H3,(H2,16,17). The highest BCUT2D eigenvalue weighted by Crippen LogP contribution is 2.28. The number of para-hydroxylation sites is 1. The van der Waals surface area contributed by atoms with E-state index >= 15 is 0 Å². The second-order valence-corrected chi connectivity index (χ2v) is 4.27. The number of ether oxygens (including phenoxy) is 1. The Morgan fingerprint density at radius 2 is 1.84 bits per heavy atom. The number of carbonyl (C=O) groups excluding carboxylic acids is 1. The van der Waals surface area contributed by atoms with E-state index in [0.29, 0.717) is 11.3 Å². The van der Waals surface area contributed by atoms with Crippen LogP contribution in [0.5, 0.6) is 0 Å². The molecule has 0 saturated heterocycles. The van der Waals surface area contributed by atoms with Gasteiger partial charge in [0.25, 0.3) is 0 Å². The molecule has 0 aliphatic heterocycles. The van der Waals surface area contributed by atoms with Crippen molar-refractivity contribution in [3.05, 3.63) is 48.0 Å². The number of hydrogen-bond donors (Lipinski definition) is 1. The Morgan fingerprint density at radius 3 is 2.63 bits per heavy atom. The third-order valence-corrected chi connectivity index (χ3v) is 3.14. The topological polar surface area (TPSA) is 65.2 Å². The van der Waals surface area contributed by atoms with Gasteiger partial charge in [0.2, 0.25) is 0 Å². The summed E-state index contributed by atoms with van der Waals surface area (Å²) in [6, 6.07) is 12.9. The van der Waals surface area contributed by atoms with Gasteiger partial charge in [0, 0.05) is 10.8 Å². The van der Waals surface area contributed by atoms with E-state index in [2.05, 4.69) is 4.98 Å². The molecule has 3 aromatic rings. The lowest BCUT2D eigenvalue weighted by Crippen LogP contribution is -2.01. The predicted molar refractivity (Wildman–Crippen MR) is 75.0 cm³/mol. The van der Waals surface area contributed by atoms with E-state index in [9.17, 15) is 4.79 Å². The molecule has 1 heterocycles. The number of methoxy groups -OCH3 is 1. The summed E-state index contributed by atoms with van der Waals surface area (Å²) in [5, 5.41) is 1.65. The minimum atomic E-state index is -0.380. The molecule has 94 valence electrons. The molecule has 0 saturated carbocycles. The molecule has 0 aliphatic carbocycles. The van der Waals surface area contributed by atoms with Crippen LogP contribution < -0.4 is 5.73 Å². The van der Waals surface area contributed by atoms with Gasteiger partial charge < -0.3 is 10.5 Å². The third-order valence-electron chi connectivity index (χ3n) is 3.14. The predicted octanol–water partition coefficient (Wildman–Crippen LogP) is 2.76. The van der Waals surface area contributed by atoms with Crippen molar-refractivity contribution < 1.29 is 9.53 Å². The first-order chi connectivity index (χ1) is 9.20. The maximum absolute atomic E-state index is 11.5. The number of benzene rings is 2. The number of rotatable bonds is 1. The van der Waals surface area contributed by atoms with Gasteiger partial charge in [0.05, 0.1) is 29.4 Å². The summed E-state index contributed by atoms with van der Waals surface area (Å²) in [6.07, 6.45) is 0. The number of aromatic nitrogens is 1. The first-order valence-electron chi connectivity index (χ1n) is 5.87. The fourth-order valence-corrected chi connectivity index (χ4v) is 2.17. The summed E-state index contributed by atoms with van der Waals surface area (Å²) in [4.78, 5) is 16.1. The molecule has 0 atom stereocenters. The van der Waals surface area contributed by atoms with Crippen LogP contribution in [0.15, 0.2) is 42.5 Å². The van der Waals surface area contributed by atoms with Crippen LogP contribution in [-0.4, -0.2) is 18.1 Å². The molecular formula is C15H12N2O2. The summed E-state index contributed by atoms with van der Waals surface area (Å²) in [6.45, 7) is 0. The van der Waals surface area contributed by atoms with E-state index in [4.69, 9.17) is 10.5 Å². The van der Waals surface area contributed by atoms with Crippen LogP contribution in [-0.2, 0) is 4.74 Å². The number of carbonyl (C=O) groups is 1. The summed E-state index contributed by atoms with van der Waals surface area (Å²) < 4.78 is 4.71. The van der Waals surface area contributed by atoms with Crippen molar-refractivity contribution in [2.45, 2.75) is 0 Å². The summed E-state index contributed by atoms with van der Waals surface area (Å²) >= 11 is 0. The molecule has 3 rings (SSSR count). The number of pyridine rings is 1. The molecule has 4 heteroatoms. The zero-order valence-electron chi connectivity index (χ0n) is 10.4. The Balaban J connectivity index is 2.36. The Hall–Kier alpha value is -2.62. The number of nitrogens with zero attached hydrogens (tertiary/aromatic N) is 1. The zero-order chi connectivity index (χ0) is 13.4. The van der Waals surface area contributed by atoms with Crippen molar-refractivity contribution in [2.24, 2.45) is 0 Å². The summed E-state index contributed by atoms with van der Waals surface area (Å²) in [5.74, 6) is -0.380. The lowest BCUT2D eigenvalue weighted by atomic mass is 10.1. The molecule has 19 heavy (non-hydrogen) atoms. The average molecular weight is 252 g/mol. The van der Waals surface area contributed by atoms with Gasteiger partial charge in [-0.15, -0.1) is 0 Å². The third kappa shape index (κ3) is 1.78. The van der Waals surface area contributed by atoms with Gasteiger partial charge in [-0.25, -0.2) is 9.78 Å². The fraction of sp³-hybridized carbons (Fsp3) is 0.0667. The van der Waals surface area contributed by atoms with E-state index in [0.717, 1.165) is 21.8 Å². The normalized spacial score (nSPS) is 10.8. The number of anilines is 1. The number of nitrogens with two attached hydrogens (primary N) is 1. The Morgan fingerprint density at radius 1 is 1.11 bits per heavy atom. The Kier molecular flexibility index (Phi) is 2.56. The van der Waals surface area contributed by atoms with Crippen molar-refractivity contribution in [3.63, 3.8) is 0 Å². The molecular weight excluding hydrogens is 240 g/mol. The van der Waals surface area contributed by atoms with Crippen molar-refractivity contribution in [3.8, 4) is 0 Å². The second kappa shape index (κ2) is 4.24. The first-order valence-corrected chi connectivity index (χ1v) is 5.87. The van der Waals surface area contributed by atoms with Gasteiger partial charge in [-0.2, -0.15) is 0 Å². The van der Waals surface area contributed by atoms with Gasteiger partial charge in [0.15, 0.2) is 0 Å². The molecule has 2 aromatic carbocycles. The molecule has 0 spiro atoms. The van der Waals surface area contributed by atoms with Crippen LogP contribution >= 0.6 is 0 Å². The van der Waals surface area contributed by atoms with E-state index in [1.165, 1.54) is 7.11 Å². The molecule has 4 nitrogen and oxygen atoms in total. The molecule has 0 unspecified atom stereocenters. The molecule has 0 radical (unpaired) electrons. The summed E-state index contributed by atoms with van der Waals surface area (Å²) in [7, 11) is 1.36. The first kappa shape index (κ1) is 11.5. The van der Waals surface area contributed by atoms with Crippen LogP contribution in [0.3, 0.4) is 0 Å². The molecule has 2 N–H and O–H groups in total. The average Bonchev–Trinajstić information content (AvgIpc) is 2.46. The quantitative estimate of drug-likeness (QED) is 0.534. The lowest BCUT2D eigenvalue weighted by molar-refractivity contribution is 0.0601. The minimum Gasteiger partial charge on any atom is -0.465 e. The monoisotopic (exact) mass is 252 g/mol. The molecule has 0 fully saturated rings. The highest BCUT2D eigenvalue weighted by molar-refractivity contribution is 6.08. The smallest absolute Gasteiger partial charge is 0.337 e. The molecule has 0 bridgehead atoms. The van der Waals surface area contributed by atoms with Crippen molar-refractivity contribution in [1.82, 2.24) is 4.98 Å². The van der Waals surface area contributed by atoms with Crippen LogP contribution in [0.4, 0.5) is 5.69 Å². The molecule has 1 aromatic heterocycles. The van der Waals surface area contributed by atoms with E-state index in [1.54, 1.807) is 18.2 Å². The van der Waals surface area contributed by atoms with Crippen LogP contribution in [0.1, 0.15) is 10.4 Å². The number of hydrogen-bond acceptors (Lipinski definition) is 4. The van der Waals surface area contributed by atoms with E-state index in [1.807, 2.05) is 24.3 Å². The second-order valence-electron chi connectivity index (χ2n) is 4.27. The van der Waals surface area contributed by atoms with Crippen LogP contribution in [0, 0.1) is 0 Å². The maximum atomic E-state index is 11.5. The highest BCUT2D eigenvalue weighted by atomic mass is 16.5. The van der Waals surface area contributed by atoms with Crippen LogP contribution in [0.25, 0.3) is 21.8 Å². The van der Waals surface area contributed by atoms with Crippen molar-refractivity contribution in [2.75, 3.05) is 12.8 Å². The van der Waals surface area contributed by atoms with Crippen LogP contribution in [0.2, 0.25) is 0 Å². The van der Waals surface area contributed by atoms with Gasteiger partial charge in [-0.3, -0.25) is 0 Å². The van der Waals surface area contributed by atoms with Gasteiger partial charge in [-0.1, -0.05) is 18.2 Å².